The van der Waals surface area contributed by atoms with Crippen LogP contribution in [0.25, 0.3) is 21.6 Å². The molecule has 4 rings (SSSR count). The van der Waals surface area contributed by atoms with Gasteiger partial charge in [-0.1, -0.05) is 0 Å². The van der Waals surface area contributed by atoms with E-state index in [1.807, 2.05) is 6.92 Å². The predicted octanol–water partition coefficient (Wildman–Crippen LogP) is 3.63. The number of thiophene rings is 1. The number of aromatic nitrogens is 2. The lowest BCUT2D eigenvalue weighted by atomic mass is 9.97. The van der Waals surface area contributed by atoms with E-state index < -0.39 is 0 Å². The van der Waals surface area contributed by atoms with Crippen LogP contribution < -0.4 is 10.3 Å². The van der Waals surface area contributed by atoms with Gasteiger partial charge in [-0.3, -0.25) is 4.79 Å². The number of aromatic hydroxyl groups is 1. The normalized spacial score (nSPS) is 13.9. The van der Waals surface area contributed by atoms with Crippen molar-refractivity contribution < 1.29 is 9.84 Å². The van der Waals surface area contributed by atoms with E-state index >= 15 is 0 Å². The summed E-state index contributed by atoms with van der Waals surface area (Å²) in [4.78, 5) is 22.3. The number of hydrogen-bond acceptors (Lipinski definition) is 5. The van der Waals surface area contributed by atoms with Gasteiger partial charge in [-0.25, -0.2) is 4.98 Å². The van der Waals surface area contributed by atoms with Crippen molar-refractivity contribution in [3.8, 4) is 22.9 Å². The summed E-state index contributed by atoms with van der Waals surface area (Å²) in [7, 11) is 0. The molecule has 0 atom stereocenters. The minimum Gasteiger partial charge on any atom is -0.504 e. The van der Waals surface area contributed by atoms with Gasteiger partial charge in [0, 0.05) is 10.4 Å². The van der Waals surface area contributed by atoms with Crippen molar-refractivity contribution in [3.63, 3.8) is 0 Å². The summed E-state index contributed by atoms with van der Waals surface area (Å²) >= 11 is 1.63. The van der Waals surface area contributed by atoms with Gasteiger partial charge >= 0.3 is 0 Å². The summed E-state index contributed by atoms with van der Waals surface area (Å²) < 4.78 is 5.42. The van der Waals surface area contributed by atoms with Gasteiger partial charge in [0.05, 0.1) is 12.0 Å². The fourth-order valence-corrected chi connectivity index (χ4v) is 4.50. The van der Waals surface area contributed by atoms with Crippen LogP contribution in [-0.2, 0) is 12.8 Å². The van der Waals surface area contributed by atoms with Crippen LogP contribution in [0.15, 0.2) is 23.0 Å². The lowest BCUT2D eigenvalue weighted by Gasteiger charge is -2.10. The molecule has 0 saturated carbocycles. The molecule has 0 aliphatic heterocycles. The lowest BCUT2D eigenvalue weighted by molar-refractivity contribution is 0.318. The highest BCUT2D eigenvalue weighted by atomic mass is 32.1. The zero-order valence-electron chi connectivity index (χ0n) is 13.4. The average molecular weight is 342 g/mol. The Balaban J connectivity index is 1.86. The number of hydrogen-bond donors (Lipinski definition) is 2. The van der Waals surface area contributed by atoms with E-state index in [-0.39, 0.29) is 11.3 Å². The maximum atomic E-state index is 12.6. The van der Waals surface area contributed by atoms with Crippen LogP contribution >= 0.6 is 11.3 Å². The number of rotatable bonds is 3. The van der Waals surface area contributed by atoms with Gasteiger partial charge in [0.25, 0.3) is 5.56 Å². The third kappa shape index (κ3) is 2.47. The van der Waals surface area contributed by atoms with Gasteiger partial charge in [0.15, 0.2) is 11.5 Å². The largest absolute Gasteiger partial charge is 0.504 e. The van der Waals surface area contributed by atoms with Crippen LogP contribution in [0, 0.1) is 0 Å². The van der Waals surface area contributed by atoms with Gasteiger partial charge in [0.2, 0.25) is 0 Å². The van der Waals surface area contributed by atoms with E-state index in [2.05, 4.69) is 9.97 Å². The Morgan fingerprint density at radius 3 is 3.00 bits per heavy atom. The average Bonchev–Trinajstić information content (AvgIpc) is 2.96. The molecule has 0 fully saturated rings. The maximum Gasteiger partial charge on any atom is 0.260 e. The van der Waals surface area contributed by atoms with Crippen molar-refractivity contribution in [2.75, 3.05) is 6.61 Å². The van der Waals surface area contributed by atoms with E-state index in [1.54, 1.807) is 29.5 Å². The fourth-order valence-electron chi connectivity index (χ4n) is 3.23. The Bertz CT molecular complexity index is 974. The second-order valence-electron chi connectivity index (χ2n) is 5.92. The lowest BCUT2D eigenvalue weighted by Crippen LogP contribution is -2.11. The molecule has 1 aromatic carbocycles. The molecule has 0 bridgehead atoms. The Morgan fingerprint density at radius 1 is 1.33 bits per heavy atom. The Morgan fingerprint density at radius 2 is 2.17 bits per heavy atom. The van der Waals surface area contributed by atoms with Crippen LogP contribution in [0.5, 0.6) is 11.5 Å². The van der Waals surface area contributed by atoms with Gasteiger partial charge in [-0.15, -0.1) is 11.3 Å². The maximum absolute atomic E-state index is 12.6. The van der Waals surface area contributed by atoms with Crippen molar-refractivity contribution in [2.45, 2.75) is 32.6 Å². The monoisotopic (exact) mass is 342 g/mol. The SMILES string of the molecule is CCOc1cc(-c2nc3sc4c(c3c(=O)[nH]2)CCCC4)ccc1O. The predicted molar refractivity (Wildman–Crippen MR) is 95.2 cm³/mol. The van der Waals surface area contributed by atoms with Crippen LogP contribution in [0.4, 0.5) is 0 Å². The quantitative estimate of drug-likeness (QED) is 0.762. The molecule has 0 saturated heterocycles. The number of fused-ring (bicyclic) bond motifs is 3. The molecular formula is C18H18N2O3S. The molecule has 2 N–H and O–H groups in total. The number of nitrogens with one attached hydrogen (secondary N) is 1. The van der Waals surface area contributed by atoms with Crippen molar-refractivity contribution in [1.82, 2.24) is 9.97 Å². The highest BCUT2D eigenvalue weighted by Gasteiger charge is 2.20. The molecule has 0 unspecified atom stereocenters. The van der Waals surface area contributed by atoms with E-state index in [0.29, 0.717) is 18.2 Å². The number of H-pyrrole nitrogens is 1. The second-order valence-corrected chi connectivity index (χ2v) is 7.00. The molecule has 2 aromatic heterocycles. The number of aryl methyl sites for hydroxylation is 2. The number of ether oxygens (including phenoxy) is 1. The number of aromatic amines is 1. The molecule has 0 spiro atoms. The molecule has 124 valence electrons. The smallest absolute Gasteiger partial charge is 0.260 e. The van der Waals surface area contributed by atoms with Crippen molar-refractivity contribution in [2.24, 2.45) is 0 Å². The Kier molecular flexibility index (Phi) is 3.76. The van der Waals surface area contributed by atoms with E-state index in [1.165, 1.54) is 16.9 Å². The summed E-state index contributed by atoms with van der Waals surface area (Å²) in [6.45, 7) is 2.31. The zero-order valence-corrected chi connectivity index (χ0v) is 14.2. The first-order valence-electron chi connectivity index (χ1n) is 8.18. The second kappa shape index (κ2) is 5.94. The summed E-state index contributed by atoms with van der Waals surface area (Å²) in [6, 6.07) is 5.00. The minimum atomic E-state index is -0.0829. The standard InChI is InChI=1S/C18H18N2O3S/c1-2-23-13-9-10(7-8-12(13)21)16-19-17(22)15-11-5-3-4-6-14(11)24-18(15)20-16/h7-9,21H,2-6H2,1H3,(H,19,20,22). The molecule has 3 aromatic rings. The van der Waals surface area contributed by atoms with Crippen LogP contribution in [-0.4, -0.2) is 21.7 Å². The van der Waals surface area contributed by atoms with Crippen LogP contribution in [0.2, 0.25) is 0 Å². The number of phenolic OH excluding ortho intramolecular Hbond substituents is 1. The summed E-state index contributed by atoms with van der Waals surface area (Å²) in [6.07, 6.45) is 4.32. The van der Waals surface area contributed by atoms with Gasteiger partial charge in [-0.05, 0) is 56.4 Å². The summed E-state index contributed by atoms with van der Waals surface area (Å²) in [5.74, 6) is 0.978. The Hall–Kier alpha value is -2.34. The van der Waals surface area contributed by atoms with Gasteiger partial charge < -0.3 is 14.8 Å². The number of nitrogens with zero attached hydrogens (tertiary/aromatic N) is 1. The van der Waals surface area contributed by atoms with E-state index in [9.17, 15) is 9.90 Å². The molecule has 0 amide bonds. The van der Waals surface area contributed by atoms with Crippen molar-refractivity contribution in [1.29, 1.82) is 0 Å². The fraction of sp³-hybridized carbons (Fsp3) is 0.333. The van der Waals surface area contributed by atoms with E-state index in [0.717, 1.165) is 35.0 Å². The number of phenols is 1. The van der Waals surface area contributed by atoms with Crippen molar-refractivity contribution in [3.05, 3.63) is 39.0 Å². The molecule has 1 aliphatic rings. The third-order valence-corrected chi connectivity index (χ3v) is 5.54. The van der Waals surface area contributed by atoms with E-state index in [4.69, 9.17) is 4.74 Å². The first-order valence-corrected chi connectivity index (χ1v) is 8.99. The molecule has 1 aliphatic carbocycles. The first-order chi connectivity index (χ1) is 11.7. The Labute approximate surface area is 143 Å². The molecule has 2 heterocycles. The van der Waals surface area contributed by atoms with Crippen molar-refractivity contribution >= 4 is 21.6 Å². The topological polar surface area (TPSA) is 75.2 Å². The molecule has 5 nitrogen and oxygen atoms in total. The highest BCUT2D eigenvalue weighted by molar-refractivity contribution is 7.18. The van der Waals surface area contributed by atoms with Gasteiger partial charge in [0.1, 0.15) is 10.7 Å². The summed E-state index contributed by atoms with van der Waals surface area (Å²) in [5.41, 5.74) is 1.82. The van der Waals surface area contributed by atoms with Crippen LogP contribution in [0.3, 0.4) is 0 Å². The molecule has 24 heavy (non-hydrogen) atoms. The molecular weight excluding hydrogens is 324 g/mol. The zero-order chi connectivity index (χ0) is 16.7. The van der Waals surface area contributed by atoms with Gasteiger partial charge in [-0.2, -0.15) is 0 Å². The molecule has 6 heteroatoms. The first kappa shape index (κ1) is 15.2. The summed E-state index contributed by atoms with van der Waals surface area (Å²) in [5, 5.41) is 10.6. The van der Waals surface area contributed by atoms with Crippen LogP contribution in [0.1, 0.15) is 30.2 Å². The number of benzene rings is 1. The molecule has 0 radical (unpaired) electrons. The highest BCUT2D eigenvalue weighted by Crippen LogP contribution is 2.35. The third-order valence-electron chi connectivity index (χ3n) is 4.36. The minimum absolute atomic E-state index is 0.0793.